The number of alkyl halides is 3. The molecule has 3 aliphatic rings. The highest BCUT2D eigenvalue weighted by Gasteiger charge is 2.42. The molecule has 12 heteroatoms. The number of carbonyl (C=O) groups excluding carboxylic acids is 1. The first-order valence-electron chi connectivity index (χ1n) is 11.8. The first-order chi connectivity index (χ1) is 16.8. The Labute approximate surface area is 206 Å². The average molecular weight is 511 g/mol. The third-order valence-electron chi connectivity index (χ3n) is 6.93. The minimum Gasteiger partial charge on any atom is -0.377 e. The number of rotatable bonds is 5. The van der Waals surface area contributed by atoms with Gasteiger partial charge in [0, 0.05) is 56.9 Å². The van der Waals surface area contributed by atoms with Crippen LogP contribution in [0.1, 0.15) is 24.0 Å². The molecule has 2 atom stereocenters. The Hall–Kier alpha value is -2.44. The number of morpholine rings is 1. The summed E-state index contributed by atoms with van der Waals surface area (Å²) in [5, 5.41) is 4.24. The average Bonchev–Trinajstić information content (AvgIpc) is 3.40. The van der Waals surface area contributed by atoms with Gasteiger partial charge in [-0.05, 0) is 30.5 Å². The van der Waals surface area contributed by atoms with Crippen molar-refractivity contribution in [3.63, 3.8) is 0 Å². The zero-order valence-corrected chi connectivity index (χ0v) is 20.3. The minimum atomic E-state index is -4.41. The van der Waals surface area contributed by atoms with Gasteiger partial charge in [-0.2, -0.15) is 17.9 Å². The fraction of sp³-hybridized carbons (Fsp3) is 0.565. The summed E-state index contributed by atoms with van der Waals surface area (Å²) < 4.78 is 51.5. The lowest BCUT2D eigenvalue weighted by atomic mass is 10.0. The summed E-state index contributed by atoms with van der Waals surface area (Å²) in [6.45, 7) is 3.83. The Kier molecular flexibility index (Phi) is 6.86. The van der Waals surface area contributed by atoms with Gasteiger partial charge in [-0.15, -0.1) is 5.10 Å². The van der Waals surface area contributed by atoms with Crippen LogP contribution >= 0.6 is 11.9 Å². The maximum atomic E-state index is 13.9. The molecular formula is C23H29F3N6O2S. The molecule has 0 spiro atoms. The number of piperazine rings is 1. The number of benzene rings is 1. The highest BCUT2D eigenvalue weighted by atomic mass is 32.2. The number of anilines is 2. The number of halogens is 3. The van der Waals surface area contributed by atoms with E-state index in [9.17, 15) is 18.0 Å². The molecule has 4 heterocycles. The molecule has 0 saturated carbocycles. The van der Waals surface area contributed by atoms with Crippen LogP contribution in [-0.2, 0) is 17.5 Å². The minimum absolute atomic E-state index is 0.00594. The quantitative estimate of drug-likeness (QED) is 0.615. The third kappa shape index (κ3) is 5.10. The van der Waals surface area contributed by atoms with E-state index in [4.69, 9.17) is 4.74 Å². The molecule has 3 fully saturated rings. The SMILES string of the molecule is CSNc1ccn(C(=O)N2CCN(Cc3ccc(C(F)(F)F)c(N4C5CCC4COC5)c3)CC2)n1. The molecule has 0 radical (unpaired) electrons. The predicted octanol–water partition coefficient (Wildman–Crippen LogP) is 3.75. The molecule has 190 valence electrons. The summed E-state index contributed by atoms with van der Waals surface area (Å²) in [4.78, 5) is 18.6. The van der Waals surface area contributed by atoms with Crippen LogP contribution in [0.15, 0.2) is 30.5 Å². The number of hydrogen-bond donors (Lipinski definition) is 1. The maximum Gasteiger partial charge on any atom is 0.418 e. The molecule has 1 N–H and O–H groups in total. The van der Waals surface area contributed by atoms with Crippen LogP contribution in [0.4, 0.5) is 29.5 Å². The second kappa shape index (κ2) is 9.90. The van der Waals surface area contributed by atoms with Crippen molar-refractivity contribution in [2.24, 2.45) is 0 Å². The van der Waals surface area contributed by atoms with E-state index in [2.05, 4.69) is 14.7 Å². The van der Waals surface area contributed by atoms with E-state index in [0.717, 1.165) is 18.4 Å². The monoisotopic (exact) mass is 510 g/mol. The standard InChI is InChI=1S/C23H29F3N6O2S/c1-35-28-21-6-7-31(27-21)22(33)30-10-8-29(9-11-30)13-16-2-5-19(23(24,25)26)20(12-16)32-17-3-4-18(32)15-34-14-17/h2,5-7,12,17-18H,3-4,8-11,13-15H2,1H3,(H,27,28). The number of nitrogens with one attached hydrogen (secondary N) is 1. The van der Waals surface area contributed by atoms with Crippen LogP contribution in [-0.4, -0.2) is 83.3 Å². The van der Waals surface area contributed by atoms with Gasteiger partial charge in [-0.25, -0.2) is 4.79 Å². The zero-order valence-electron chi connectivity index (χ0n) is 19.5. The molecule has 1 aromatic carbocycles. The number of ether oxygens (including phenoxy) is 1. The van der Waals surface area contributed by atoms with Gasteiger partial charge < -0.3 is 19.3 Å². The van der Waals surface area contributed by atoms with Gasteiger partial charge in [-0.3, -0.25) is 4.90 Å². The van der Waals surface area contributed by atoms with Gasteiger partial charge in [-0.1, -0.05) is 18.0 Å². The van der Waals surface area contributed by atoms with Gasteiger partial charge in [0.1, 0.15) is 0 Å². The number of nitrogens with zero attached hydrogens (tertiary/aromatic N) is 5. The molecule has 1 amide bonds. The normalized spacial score (nSPS) is 23.1. The van der Waals surface area contributed by atoms with E-state index in [-0.39, 0.29) is 23.8 Å². The highest BCUT2D eigenvalue weighted by molar-refractivity contribution is 7.99. The van der Waals surface area contributed by atoms with Crippen molar-refractivity contribution in [2.45, 2.75) is 37.6 Å². The number of fused-ring (bicyclic) bond motifs is 2. The second-order valence-electron chi connectivity index (χ2n) is 9.18. The smallest absolute Gasteiger partial charge is 0.377 e. The number of hydrogen-bond acceptors (Lipinski definition) is 7. The maximum absolute atomic E-state index is 13.9. The van der Waals surface area contributed by atoms with Crippen molar-refractivity contribution in [2.75, 3.05) is 55.3 Å². The van der Waals surface area contributed by atoms with Crippen LogP contribution in [0.3, 0.4) is 0 Å². The van der Waals surface area contributed by atoms with Gasteiger partial charge in [0.05, 0.1) is 30.9 Å². The van der Waals surface area contributed by atoms with E-state index >= 15 is 0 Å². The molecule has 2 aromatic rings. The van der Waals surface area contributed by atoms with Crippen molar-refractivity contribution in [3.05, 3.63) is 41.6 Å². The summed E-state index contributed by atoms with van der Waals surface area (Å²) in [5.74, 6) is 0.622. The Morgan fingerprint density at radius 3 is 2.51 bits per heavy atom. The van der Waals surface area contributed by atoms with E-state index in [1.807, 2.05) is 11.2 Å². The fourth-order valence-corrected chi connectivity index (χ4v) is 5.56. The first kappa shape index (κ1) is 24.3. The Morgan fingerprint density at radius 2 is 1.86 bits per heavy atom. The Morgan fingerprint density at radius 1 is 1.14 bits per heavy atom. The van der Waals surface area contributed by atoms with Crippen molar-refractivity contribution < 1.29 is 22.7 Å². The summed E-state index contributed by atoms with van der Waals surface area (Å²) >= 11 is 1.40. The lowest BCUT2D eigenvalue weighted by molar-refractivity contribution is -0.137. The lowest BCUT2D eigenvalue weighted by Crippen LogP contribution is -2.49. The topological polar surface area (TPSA) is 65.9 Å². The zero-order chi connectivity index (χ0) is 24.6. The molecule has 3 saturated heterocycles. The van der Waals surface area contributed by atoms with Crippen molar-refractivity contribution in [3.8, 4) is 0 Å². The molecular weight excluding hydrogens is 481 g/mol. The largest absolute Gasteiger partial charge is 0.418 e. The molecule has 2 unspecified atom stereocenters. The van der Waals surface area contributed by atoms with E-state index < -0.39 is 11.7 Å². The second-order valence-corrected chi connectivity index (χ2v) is 9.79. The Bertz CT molecular complexity index is 1040. The van der Waals surface area contributed by atoms with Crippen molar-refractivity contribution >= 4 is 29.5 Å². The molecule has 3 aliphatic heterocycles. The van der Waals surface area contributed by atoms with Crippen LogP contribution < -0.4 is 9.62 Å². The van der Waals surface area contributed by atoms with E-state index in [1.165, 1.54) is 22.7 Å². The number of carbonyl (C=O) groups is 1. The van der Waals surface area contributed by atoms with Crippen LogP contribution in [0.5, 0.6) is 0 Å². The van der Waals surface area contributed by atoms with Gasteiger partial charge in [0.15, 0.2) is 5.82 Å². The van der Waals surface area contributed by atoms with Gasteiger partial charge >= 0.3 is 12.2 Å². The molecule has 35 heavy (non-hydrogen) atoms. The predicted molar refractivity (Wildman–Crippen MR) is 129 cm³/mol. The third-order valence-corrected chi connectivity index (χ3v) is 7.34. The van der Waals surface area contributed by atoms with E-state index in [1.54, 1.807) is 29.3 Å². The first-order valence-corrected chi connectivity index (χ1v) is 13.0. The molecule has 2 bridgehead atoms. The summed E-state index contributed by atoms with van der Waals surface area (Å²) in [5.41, 5.74) is 0.538. The summed E-state index contributed by atoms with van der Waals surface area (Å²) in [6.07, 6.45) is 0.816. The van der Waals surface area contributed by atoms with Crippen molar-refractivity contribution in [1.29, 1.82) is 0 Å². The van der Waals surface area contributed by atoms with Crippen LogP contribution in [0.25, 0.3) is 0 Å². The van der Waals surface area contributed by atoms with Gasteiger partial charge in [0.2, 0.25) is 0 Å². The highest BCUT2D eigenvalue weighted by Crippen LogP contribution is 2.42. The fourth-order valence-electron chi connectivity index (χ4n) is 5.24. The van der Waals surface area contributed by atoms with Crippen molar-refractivity contribution in [1.82, 2.24) is 19.6 Å². The molecule has 5 rings (SSSR count). The van der Waals surface area contributed by atoms with Crippen LogP contribution in [0.2, 0.25) is 0 Å². The Balaban J connectivity index is 1.26. The van der Waals surface area contributed by atoms with Gasteiger partial charge in [0.25, 0.3) is 0 Å². The van der Waals surface area contributed by atoms with Crippen LogP contribution in [0, 0.1) is 0 Å². The number of amides is 1. The number of aromatic nitrogens is 2. The molecule has 1 aromatic heterocycles. The summed E-state index contributed by atoms with van der Waals surface area (Å²) in [7, 11) is 0. The molecule has 8 nitrogen and oxygen atoms in total. The lowest BCUT2D eigenvalue weighted by Gasteiger charge is -2.38. The van der Waals surface area contributed by atoms with E-state index in [0.29, 0.717) is 51.8 Å². The summed E-state index contributed by atoms with van der Waals surface area (Å²) in [6, 6.07) is 6.06. The molecule has 0 aliphatic carbocycles.